The molecular formula is C42H44N2O9. The maximum atomic E-state index is 13.6. The molecule has 2 aromatic carbocycles. The molecule has 1 amide bonds. The van der Waals surface area contributed by atoms with Gasteiger partial charge in [0.15, 0.2) is 0 Å². The van der Waals surface area contributed by atoms with E-state index in [0.29, 0.717) is 11.3 Å². The van der Waals surface area contributed by atoms with Crippen molar-refractivity contribution in [3.63, 3.8) is 0 Å². The summed E-state index contributed by atoms with van der Waals surface area (Å²) >= 11 is 0. The molecular weight excluding hydrogens is 676 g/mol. The van der Waals surface area contributed by atoms with Crippen LogP contribution < -0.4 is 4.74 Å². The zero-order chi connectivity index (χ0) is 37.8. The Kier molecular flexibility index (Phi) is 11.1. The minimum Gasteiger partial charge on any atom is -0.488 e. The lowest BCUT2D eigenvalue weighted by Gasteiger charge is -2.47. The maximum Gasteiger partial charge on any atom is 0.355 e. The molecule has 11 nitrogen and oxygen atoms in total. The first-order chi connectivity index (χ1) is 25.6. The number of rotatable bonds is 16. The molecule has 1 aromatic heterocycles. The summed E-state index contributed by atoms with van der Waals surface area (Å²) in [4.78, 5) is 63.6. The molecule has 276 valence electrons. The molecule has 11 heteroatoms. The number of aryl methyl sites for hydroxylation is 3. The van der Waals surface area contributed by atoms with Crippen molar-refractivity contribution in [2.24, 2.45) is 24.8 Å². The van der Waals surface area contributed by atoms with Crippen molar-refractivity contribution in [3.8, 4) is 16.9 Å². The number of carbonyl (C=O) groups excluding carboxylic acids is 4. The summed E-state index contributed by atoms with van der Waals surface area (Å²) in [7, 11) is 3.36. The molecule has 0 spiro atoms. The molecule has 3 heterocycles. The number of hydrogen-bond donors (Lipinski definition) is 0. The summed E-state index contributed by atoms with van der Waals surface area (Å²) in [6.07, 6.45) is 11.3. The summed E-state index contributed by atoms with van der Waals surface area (Å²) < 4.78 is 19.1. The van der Waals surface area contributed by atoms with E-state index in [1.807, 2.05) is 42.9 Å². The van der Waals surface area contributed by atoms with Gasteiger partial charge in [-0.15, -0.1) is 6.58 Å². The first-order valence-corrected chi connectivity index (χ1v) is 17.7. The van der Waals surface area contributed by atoms with Crippen LogP contribution in [0.2, 0.25) is 0 Å². The third-order valence-corrected chi connectivity index (χ3v) is 10.2. The fraction of sp³-hybridized carbons (Fsp3) is 0.333. The third-order valence-electron chi connectivity index (χ3n) is 10.2. The van der Waals surface area contributed by atoms with Gasteiger partial charge >= 0.3 is 17.9 Å². The van der Waals surface area contributed by atoms with Crippen molar-refractivity contribution in [1.29, 1.82) is 0 Å². The quantitative estimate of drug-likeness (QED) is 0.0264. The van der Waals surface area contributed by atoms with Crippen LogP contribution in [0.4, 0.5) is 0 Å². The van der Waals surface area contributed by atoms with E-state index in [1.165, 1.54) is 35.8 Å². The predicted octanol–water partition coefficient (Wildman–Crippen LogP) is 5.92. The van der Waals surface area contributed by atoms with Gasteiger partial charge in [-0.25, -0.2) is 14.4 Å². The van der Waals surface area contributed by atoms with Gasteiger partial charge in [0, 0.05) is 42.6 Å². The molecule has 1 fully saturated rings. The van der Waals surface area contributed by atoms with E-state index in [9.17, 15) is 19.2 Å². The lowest BCUT2D eigenvalue weighted by Crippen LogP contribution is -2.63. The van der Waals surface area contributed by atoms with Crippen LogP contribution >= 0.6 is 0 Å². The van der Waals surface area contributed by atoms with Gasteiger partial charge in [-0.3, -0.25) is 9.68 Å². The van der Waals surface area contributed by atoms with Gasteiger partial charge in [-0.1, -0.05) is 62.9 Å². The topological polar surface area (TPSA) is 123 Å². The number of esters is 2. The van der Waals surface area contributed by atoms with Crippen LogP contribution in [0.3, 0.4) is 0 Å². The summed E-state index contributed by atoms with van der Waals surface area (Å²) in [6.45, 7) is 10.6. The largest absolute Gasteiger partial charge is 0.488 e. The van der Waals surface area contributed by atoms with E-state index < -0.39 is 35.8 Å². The van der Waals surface area contributed by atoms with E-state index in [-0.39, 0.29) is 37.3 Å². The molecule has 6 rings (SSSR count). The van der Waals surface area contributed by atoms with Crippen molar-refractivity contribution < 1.29 is 43.2 Å². The lowest BCUT2D eigenvalue weighted by molar-refractivity contribution is -0.271. The highest BCUT2D eigenvalue weighted by atomic mass is 17.2. The lowest BCUT2D eigenvalue weighted by atomic mass is 9.74. The first-order valence-electron chi connectivity index (χ1n) is 17.7. The molecule has 0 radical (unpaired) electrons. The molecule has 0 saturated carbocycles. The maximum absolute atomic E-state index is 13.6. The van der Waals surface area contributed by atoms with Gasteiger partial charge < -0.3 is 23.7 Å². The number of carbonyl (C=O) groups is 4. The van der Waals surface area contributed by atoms with Crippen LogP contribution in [0.15, 0.2) is 97.5 Å². The predicted molar refractivity (Wildman–Crippen MR) is 197 cm³/mol. The second-order valence-corrected chi connectivity index (χ2v) is 13.5. The molecule has 2 aliphatic heterocycles. The Labute approximate surface area is 309 Å². The molecule has 4 atom stereocenters. The van der Waals surface area contributed by atoms with Crippen molar-refractivity contribution in [2.45, 2.75) is 39.2 Å². The number of aromatic nitrogens is 1. The Bertz CT molecular complexity index is 2020. The van der Waals surface area contributed by atoms with Gasteiger partial charge in [0.1, 0.15) is 31.3 Å². The summed E-state index contributed by atoms with van der Waals surface area (Å²) in [6, 6.07) is 13.6. The van der Waals surface area contributed by atoms with Crippen LogP contribution in [-0.4, -0.2) is 66.3 Å². The molecule has 53 heavy (non-hydrogen) atoms. The molecule has 0 N–H and O–H groups in total. The monoisotopic (exact) mass is 720 g/mol. The normalized spacial score (nSPS) is 19.5. The highest BCUT2D eigenvalue weighted by molar-refractivity contribution is 6.08. The van der Waals surface area contributed by atoms with E-state index in [4.69, 9.17) is 24.0 Å². The van der Waals surface area contributed by atoms with Crippen LogP contribution in [0.25, 0.3) is 16.7 Å². The fourth-order valence-electron chi connectivity index (χ4n) is 7.59. The van der Waals surface area contributed by atoms with Crippen molar-refractivity contribution in [3.05, 3.63) is 120 Å². The van der Waals surface area contributed by atoms with Crippen LogP contribution in [0, 0.1) is 17.8 Å². The van der Waals surface area contributed by atoms with E-state index in [1.54, 1.807) is 6.92 Å². The Morgan fingerprint density at radius 3 is 2.47 bits per heavy atom. The number of β-lactam (4-membered cyclic amide) rings is 1. The summed E-state index contributed by atoms with van der Waals surface area (Å²) in [5, 5.41) is 0. The van der Waals surface area contributed by atoms with E-state index in [0.717, 1.165) is 52.7 Å². The second-order valence-electron chi connectivity index (χ2n) is 13.5. The molecule has 4 unspecified atom stereocenters. The molecule has 3 aromatic rings. The van der Waals surface area contributed by atoms with Crippen LogP contribution in [-0.2, 0) is 58.3 Å². The zero-order valence-corrected chi connectivity index (χ0v) is 30.5. The smallest absolute Gasteiger partial charge is 0.355 e. The van der Waals surface area contributed by atoms with Crippen LogP contribution in [0.5, 0.6) is 5.75 Å². The Morgan fingerprint density at radius 2 is 1.75 bits per heavy atom. The number of hydrogen-bond acceptors (Lipinski definition) is 9. The van der Waals surface area contributed by atoms with Crippen molar-refractivity contribution in [2.75, 3.05) is 26.9 Å². The number of fused-ring (bicyclic) bond motifs is 4. The molecule has 1 saturated heterocycles. The summed E-state index contributed by atoms with van der Waals surface area (Å²) in [5.41, 5.74) is 7.26. The van der Waals surface area contributed by atoms with Crippen LogP contribution in [0.1, 0.15) is 42.5 Å². The average Bonchev–Trinajstić information content (AvgIpc) is 3.79. The van der Waals surface area contributed by atoms with Crippen molar-refractivity contribution in [1.82, 2.24) is 9.47 Å². The zero-order valence-electron chi connectivity index (χ0n) is 30.5. The highest BCUT2D eigenvalue weighted by Crippen LogP contribution is 2.51. The SMILES string of the molecule is C=CCOOC(=O)C(C)C1C(=O)N2C(C(=O)OCC=C)=C(COc3cccc4c3-c3ccc(CCCc5ccn(C)c5)cc3/C4=C\C(=O)OC)C(C)C12. The van der Waals surface area contributed by atoms with Gasteiger partial charge in [0.25, 0.3) is 0 Å². The number of nitrogens with zero attached hydrogens (tertiary/aromatic N) is 2. The molecule has 0 bridgehead atoms. The summed E-state index contributed by atoms with van der Waals surface area (Å²) in [5.74, 6) is -3.62. The van der Waals surface area contributed by atoms with Crippen molar-refractivity contribution >= 4 is 29.4 Å². The van der Waals surface area contributed by atoms with Gasteiger partial charge in [-0.2, -0.15) is 4.89 Å². The highest BCUT2D eigenvalue weighted by Gasteiger charge is 2.61. The number of amides is 1. The minimum atomic E-state index is -0.834. The molecule has 1 aliphatic carbocycles. The second kappa shape index (κ2) is 15.9. The van der Waals surface area contributed by atoms with Gasteiger partial charge in [0.2, 0.25) is 5.91 Å². The first kappa shape index (κ1) is 37.1. The number of benzene rings is 2. The Hall–Kier alpha value is -5.68. The Balaban J connectivity index is 1.28. The fourth-order valence-corrected chi connectivity index (χ4v) is 7.59. The number of methoxy groups -OCH3 is 1. The van der Waals surface area contributed by atoms with E-state index in [2.05, 4.69) is 43.6 Å². The minimum absolute atomic E-state index is 0.00885. The third kappa shape index (κ3) is 7.21. The average molecular weight is 721 g/mol. The van der Waals surface area contributed by atoms with E-state index >= 15 is 0 Å². The molecule has 3 aliphatic rings. The Morgan fingerprint density at radius 1 is 0.981 bits per heavy atom. The van der Waals surface area contributed by atoms with Gasteiger partial charge in [-0.05, 0) is 64.8 Å². The number of ether oxygens (including phenoxy) is 3. The standard InChI is InChI=1S/C42H44N2O9/c1-7-19-50-42(48)39-33(25(3)38-36(40(46)44(38)39)26(4)41(47)53-52-20-8-2)24-51-34-14-10-13-29-32(22-35(45)49-6)31-21-27(15-16-30(31)37(29)34)11-9-12-28-17-18-43(5)23-28/h7-8,10,13-18,21-23,25-26,36,38H,1-2,9,11-12,19-20,24H2,3-6H3/b32-22-. The van der Waals surface area contributed by atoms with Gasteiger partial charge in [0.05, 0.1) is 25.0 Å².